The van der Waals surface area contributed by atoms with Crippen molar-refractivity contribution in [2.45, 2.75) is 18.9 Å². The highest BCUT2D eigenvalue weighted by molar-refractivity contribution is 6.07. The highest BCUT2D eigenvalue weighted by Crippen LogP contribution is 2.31. The Hall–Kier alpha value is -3.47. The molecule has 0 atom stereocenters. The van der Waals surface area contributed by atoms with Crippen molar-refractivity contribution in [3.63, 3.8) is 0 Å². The highest BCUT2D eigenvalue weighted by Gasteiger charge is 2.23. The molecule has 1 amide bonds. The van der Waals surface area contributed by atoms with Crippen LogP contribution in [0, 0.1) is 0 Å². The summed E-state index contributed by atoms with van der Waals surface area (Å²) in [4.78, 5) is 19.2. The van der Waals surface area contributed by atoms with Crippen LogP contribution in [-0.2, 0) is 12.8 Å². The topological polar surface area (TPSA) is 51.0 Å². The molecule has 0 saturated carbocycles. The molecule has 2 aromatic carbocycles. The minimum atomic E-state index is -0.0246. The van der Waals surface area contributed by atoms with Gasteiger partial charge in [-0.2, -0.15) is 5.10 Å². The average Bonchev–Trinajstić information content (AvgIpc) is 3.39. The third-order valence-electron chi connectivity index (χ3n) is 5.65. The quantitative estimate of drug-likeness (QED) is 0.535. The fourth-order valence-electron chi connectivity index (χ4n) is 4.13. The molecule has 1 aliphatic carbocycles. The number of pyridine rings is 1. The zero-order chi connectivity index (χ0) is 20.0. The van der Waals surface area contributed by atoms with Crippen LogP contribution in [0.1, 0.15) is 27.5 Å². The second kappa shape index (κ2) is 6.85. The van der Waals surface area contributed by atoms with E-state index in [-0.39, 0.29) is 5.91 Å². The zero-order valence-electron chi connectivity index (χ0n) is 16.5. The van der Waals surface area contributed by atoms with Crippen molar-refractivity contribution in [1.82, 2.24) is 19.7 Å². The van der Waals surface area contributed by atoms with Crippen molar-refractivity contribution in [3.05, 3.63) is 83.7 Å². The minimum absolute atomic E-state index is 0.0246. The Morgan fingerprint density at radius 1 is 1.03 bits per heavy atom. The molecule has 29 heavy (non-hydrogen) atoms. The van der Waals surface area contributed by atoms with E-state index in [2.05, 4.69) is 35.6 Å². The van der Waals surface area contributed by atoms with Gasteiger partial charge in [-0.15, -0.1) is 0 Å². The highest BCUT2D eigenvalue weighted by atomic mass is 16.2. The van der Waals surface area contributed by atoms with Gasteiger partial charge >= 0.3 is 0 Å². The molecular weight excluding hydrogens is 360 g/mol. The van der Waals surface area contributed by atoms with Gasteiger partial charge < -0.3 is 4.90 Å². The summed E-state index contributed by atoms with van der Waals surface area (Å²) in [5.41, 5.74) is 5.98. The SMILES string of the molecule is CN(C)C(=O)c1cc(-c2cnn(C3Cc4ccccc4C3)c2)nc2ccccc12. The van der Waals surface area contributed by atoms with E-state index in [1.54, 1.807) is 19.0 Å². The first kappa shape index (κ1) is 17.6. The third kappa shape index (κ3) is 3.09. The first-order valence-electron chi connectivity index (χ1n) is 9.83. The van der Waals surface area contributed by atoms with E-state index in [0.717, 1.165) is 35.0 Å². The zero-order valence-corrected chi connectivity index (χ0v) is 16.5. The molecule has 5 nitrogen and oxygen atoms in total. The van der Waals surface area contributed by atoms with Gasteiger partial charge in [-0.3, -0.25) is 9.48 Å². The van der Waals surface area contributed by atoms with Crippen molar-refractivity contribution in [2.75, 3.05) is 14.1 Å². The number of nitrogens with zero attached hydrogens (tertiary/aromatic N) is 4. The molecule has 0 fully saturated rings. The van der Waals surface area contributed by atoms with E-state index in [1.165, 1.54) is 11.1 Å². The Morgan fingerprint density at radius 2 is 1.72 bits per heavy atom. The minimum Gasteiger partial charge on any atom is -0.345 e. The summed E-state index contributed by atoms with van der Waals surface area (Å²) < 4.78 is 2.04. The van der Waals surface area contributed by atoms with Crippen LogP contribution in [0.15, 0.2) is 67.0 Å². The van der Waals surface area contributed by atoms with Crippen LogP contribution >= 0.6 is 0 Å². The Balaban J connectivity index is 1.53. The molecule has 0 bridgehead atoms. The molecule has 0 N–H and O–H groups in total. The summed E-state index contributed by atoms with van der Waals surface area (Å²) in [5.74, 6) is -0.0246. The summed E-state index contributed by atoms with van der Waals surface area (Å²) >= 11 is 0. The molecule has 5 rings (SSSR count). The van der Waals surface area contributed by atoms with E-state index in [9.17, 15) is 4.79 Å². The number of hydrogen-bond donors (Lipinski definition) is 0. The molecule has 2 heterocycles. The maximum absolute atomic E-state index is 12.8. The molecule has 0 spiro atoms. The first-order chi connectivity index (χ1) is 14.1. The summed E-state index contributed by atoms with van der Waals surface area (Å²) in [6.07, 6.45) is 5.89. The second-order valence-corrected chi connectivity index (χ2v) is 7.81. The second-order valence-electron chi connectivity index (χ2n) is 7.81. The summed E-state index contributed by atoms with van der Waals surface area (Å²) in [6, 6.07) is 18.6. The van der Waals surface area contributed by atoms with Crippen molar-refractivity contribution in [3.8, 4) is 11.3 Å². The van der Waals surface area contributed by atoms with Crippen LogP contribution in [0.3, 0.4) is 0 Å². The molecule has 2 aromatic heterocycles. The van der Waals surface area contributed by atoms with Gasteiger partial charge in [-0.1, -0.05) is 42.5 Å². The number of fused-ring (bicyclic) bond motifs is 2. The molecular formula is C24H22N4O. The lowest BCUT2D eigenvalue weighted by Gasteiger charge is -2.13. The maximum atomic E-state index is 12.8. The largest absolute Gasteiger partial charge is 0.345 e. The molecule has 0 unspecified atom stereocenters. The fraction of sp³-hybridized carbons (Fsp3) is 0.208. The van der Waals surface area contributed by atoms with Crippen LogP contribution in [0.2, 0.25) is 0 Å². The van der Waals surface area contributed by atoms with Gasteiger partial charge in [0, 0.05) is 31.2 Å². The molecule has 0 saturated heterocycles. The molecule has 4 aromatic rings. The number of carbonyl (C=O) groups is 1. The normalized spacial score (nSPS) is 13.6. The Kier molecular flexibility index (Phi) is 4.16. The monoisotopic (exact) mass is 382 g/mol. The standard InChI is InChI=1S/C24H22N4O/c1-27(2)24(29)21-13-23(26-22-10-6-5-9-20(21)22)18-14-25-28(15-18)19-11-16-7-3-4-8-17(16)12-19/h3-10,13-15,19H,11-12H2,1-2H3. The van der Waals surface area contributed by atoms with Gasteiger partial charge in [0.2, 0.25) is 0 Å². The van der Waals surface area contributed by atoms with Crippen molar-refractivity contribution >= 4 is 16.8 Å². The lowest BCUT2D eigenvalue weighted by molar-refractivity contribution is 0.0829. The van der Waals surface area contributed by atoms with Gasteiger partial charge in [0.15, 0.2) is 0 Å². The van der Waals surface area contributed by atoms with Crippen LogP contribution in [0.4, 0.5) is 0 Å². The number of hydrogen-bond acceptors (Lipinski definition) is 3. The lowest BCUT2D eigenvalue weighted by Crippen LogP contribution is -2.22. The van der Waals surface area contributed by atoms with Crippen molar-refractivity contribution in [2.24, 2.45) is 0 Å². The lowest BCUT2D eigenvalue weighted by atomic mass is 10.0. The van der Waals surface area contributed by atoms with Gasteiger partial charge in [-0.25, -0.2) is 4.98 Å². The number of amides is 1. The van der Waals surface area contributed by atoms with Crippen molar-refractivity contribution in [1.29, 1.82) is 0 Å². The maximum Gasteiger partial charge on any atom is 0.254 e. The molecule has 5 heteroatoms. The Morgan fingerprint density at radius 3 is 2.45 bits per heavy atom. The Labute approximate surface area is 169 Å². The number of benzene rings is 2. The predicted molar refractivity (Wildman–Crippen MR) is 114 cm³/mol. The van der Waals surface area contributed by atoms with Crippen LogP contribution in [-0.4, -0.2) is 39.7 Å². The van der Waals surface area contributed by atoms with Crippen molar-refractivity contribution < 1.29 is 4.79 Å². The van der Waals surface area contributed by atoms with Crippen LogP contribution in [0.5, 0.6) is 0 Å². The van der Waals surface area contributed by atoms with E-state index >= 15 is 0 Å². The first-order valence-corrected chi connectivity index (χ1v) is 9.83. The number of para-hydroxylation sites is 1. The smallest absolute Gasteiger partial charge is 0.254 e. The predicted octanol–water partition coefficient (Wildman–Crippen LogP) is 4.14. The summed E-state index contributed by atoms with van der Waals surface area (Å²) in [7, 11) is 3.54. The Bertz CT molecular complexity index is 1200. The van der Waals surface area contributed by atoms with E-state index in [4.69, 9.17) is 4.98 Å². The fourth-order valence-corrected chi connectivity index (χ4v) is 4.13. The van der Waals surface area contributed by atoms with Crippen LogP contribution in [0.25, 0.3) is 22.2 Å². The van der Waals surface area contributed by atoms with E-state index < -0.39 is 0 Å². The van der Waals surface area contributed by atoms with Crippen LogP contribution < -0.4 is 0 Å². The number of aromatic nitrogens is 3. The molecule has 144 valence electrons. The van der Waals surface area contributed by atoms with Gasteiger partial charge in [0.05, 0.1) is 29.0 Å². The van der Waals surface area contributed by atoms with Gasteiger partial charge in [-0.05, 0) is 36.1 Å². The van der Waals surface area contributed by atoms with E-state index in [1.807, 2.05) is 41.2 Å². The molecule has 0 aliphatic heterocycles. The van der Waals surface area contributed by atoms with Gasteiger partial charge in [0.25, 0.3) is 5.91 Å². The summed E-state index contributed by atoms with van der Waals surface area (Å²) in [6.45, 7) is 0. The summed E-state index contributed by atoms with van der Waals surface area (Å²) in [5, 5.41) is 5.50. The number of carbonyl (C=O) groups excluding carboxylic acids is 1. The van der Waals surface area contributed by atoms with E-state index in [0.29, 0.717) is 11.6 Å². The molecule has 0 radical (unpaired) electrons. The molecule has 1 aliphatic rings. The number of rotatable bonds is 3. The van der Waals surface area contributed by atoms with Gasteiger partial charge in [0.1, 0.15) is 0 Å². The third-order valence-corrected chi connectivity index (χ3v) is 5.65. The average molecular weight is 382 g/mol.